The number of aliphatic hydroxyl groups excluding tert-OH is 1. The van der Waals surface area contributed by atoms with E-state index in [1.54, 1.807) is 13.8 Å². The number of hydrogen-bond acceptors (Lipinski definition) is 10. The van der Waals surface area contributed by atoms with Crippen molar-refractivity contribution >= 4 is 23.4 Å². The lowest BCUT2D eigenvalue weighted by Gasteiger charge is -2.46. The summed E-state index contributed by atoms with van der Waals surface area (Å²) in [5.74, 6) is -3.93. The van der Waals surface area contributed by atoms with Gasteiger partial charge in [0, 0.05) is 29.4 Å². The number of likely N-dealkylation sites (N-methyl/N-ethyl adjacent to an activating group) is 1. The number of ketones is 1. The van der Waals surface area contributed by atoms with Crippen molar-refractivity contribution in [1.29, 1.82) is 0 Å². The lowest BCUT2D eigenvalue weighted by molar-refractivity contribution is -0.296. The molecule has 4 saturated heterocycles. The Morgan fingerprint density at radius 1 is 1.02 bits per heavy atom. The summed E-state index contributed by atoms with van der Waals surface area (Å²) in [5.41, 5.74) is -0.843. The monoisotopic (exact) mass is 707 g/mol. The largest absolute Gasteiger partial charge is 0.458 e. The van der Waals surface area contributed by atoms with Crippen LogP contribution in [0.5, 0.6) is 0 Å². The van der Waals surface area contributed by atoms with E-state index < -0.39 is 59.4 Å². The number of ether oxygens (including phenoxy) is 6. The van der Waals surface area contributed by atoms with Gasteiger partial charge in [-0.15, -0.1) is 0 Å². The van der Waals surface area contributed by atoms with Crippen LogP contribution >= 0.6 is 11.6 Å². The highest BCUT2D eigenvalue weighted by Crippen LogP contribution is 2.50. The molecule has 1 N–H and O–H groups in total. The third kappa shape index (κ3) is 7.63. The van der Waals surface area contributed by atoms with Gasteiger partial charge in [-0.3, -0.25) is 14.5 Å². The van der Waals surface area contributed by atoms with Crippen LogP contribution in [0.25, 0.3) is 0 Å². The quantitative estimate of drug-likeness (QED) is 0.270. The molecule has 0 aromatic heterocycles. The fraction of sp³-hybridized carbons (Fsp3) is 0.789. The van der Waals surface area contributed by atoms with Crippen molar-refractivity contribution in [2.75, 3.05) is 7.05 Å². The first-order valence-corrected chi connectivity index (χ1v) is 18.4. The number of Topliss-reactive ketones (excluding diaryl/α,β-unsaturated/α-hetero) is 1. The van der Waals surface area contributed by atoms with Gasteiger partial charge in [-0.05, 0) is 91.5 Å². The van der Waals surface area contributed by atoms with Crippen LogP contribution in [0.3, 0.4) is 0 Å². The molecule has 11 heteroatoms. The number of aliphatic hydroxyl groups is 1. The maximum Gasteiger partial charge on any atom is 0.316 e. The zero-order valence-electron chi connectivity index (χ0n) is 31.1. The standard InChI is InChI=1S/C38H58ClNO9/c1-12-28-38(10,49-36(7,8)47-28)33-24(6)31-20(2)18-37(9,48-31)32(22(4)29(41)23(5)34(43)45-33)46-35-30(42)27(17-21(3)44-35)40(11)19-25-13-15-26(39)16-14-25/h13-16,20-24,27-28,30-33,35,42H,12,17-19H2,1-11H3/t20?,21?,22-,23+,24-,27?,28+,30?,31?,32+,33+,35-,37+,38+/m0/s1. The summed E-state index contributed by atoms with van der Waals surface area (Å²) < 4.78 is 39.2. The molecule has 4 aliphatic rings. The maximum atomic E-state index is 14.2. The van der Waals surface area contributed by atoms with E-state index in [1.807, 2.05) is 79.8 Å². The highest BCUT2D eigenvalue weighted by molar-refractivity contribution is 6.30. The minimum absolute atomic E-state index is 0.0276. The molecule has 0 saturated carbocycles. The van der Waals surface area contributed by atoms with Crippen molar-refractivity contribution in [2.45, 2.75) is 161 Å². The van der Waals surface area contributed by atoms with Crippen LogP contribution in [0.15, 0.2) is 24.3 Å². The summed E-state index contributed by atoms with van der Waals surface area (Å²) in [6.45, 7) is 19.7. The van der Waals surface area contributed by atoms with Gasteiger partial charge in [-0.2, -0.15) is 0 Å². The first-order valence-electron chi connectivity index (χ1n) is 18.0. The Bertz CT molecular complexity index is 1340. The van der Waals surface area contributed by atoms with E-state index >= 15 is 0 Å². The van der Waals surface area contributed by atoms with Crippen molar-refractivity contribution in [1.82, 2.24) is 4.90 Å². The van der Waals surface area contributed by atoms with Gasteiger partial charge in [0.1, 0.15) is 23.7 Å². The predicted molar refractivity (Wildman–Crippen MR) is 185 cm³/mol. The number of cyclic esters (lactones) is 1. The van der Waals surface area contributed by atoms with E-state index in [2.05, 4.69) is 11.8 Å². The molecule has 0 radical (unpaired) electrons. The summed E-state index contributed by atoms with van der Waals surface area (Å²) >= 11 is 6.10. The van der Waals surface area contributed by atoms with Gasteiger partial charge in [0.05, 0.1) is 30.0 Å². The van der Waals surface area contributed by atoms with Gasteiger partial charge in [0.15, 0.2) is 17.9 Å². The number of halogens is 1. The highest BCUT2D eigenvalue weighted by Gasteiger charge is 2.61. The van der Waals surface area contributed by atoms with Crippen LogP contribution in [0.4, 0.5) is 0 Å². The Kier molecular flexibility index (Phi) is 11.4. The molecule has 1 aromatic rings. The van der Waals surface area contributed by atoms with Crippen LogP contribution < -0.4 is 0 Å². The van der Waals surface area contributed by atoms with Crippen molar-refractivity contribution in [3.05, 3.63) is 34.9 Å². The molecule has 49 heavy (non-hydrogen) atoms. The number of fused-ring (bicyclic) bond motifs is 2. The van der Waals surface area contributed by atoms with E-state index in [-0.39, 0.29) is 42.0 Å². The fourth-order valence-electron chi connectivity index (χ4n) is 9.16. The minimum Gasteiger partial charge on any atom is -0.458 e. The van der Waals surface area contributed by atoms with E-state index in [4.69, 9.17) is 40.0 Å². The number of carbonyl (C=O) groups is 2. The molecular weight excluding hydrogens is 650 g/mol. The zero-order valence-corrected chi connectivity index (χ0v) is 31.9. The number of esters is 1. The number of nitrogens with zero attached hydrogens (tertiary/aromatic N) is 1. The zero-order chi connectivity index (χ0) is 36.2. The first-order chi connectivity index (χ1) is 22.8. The van der Waals surface area contributed by atoms with Gasteiger partial charge in [0.2, 0.25) is 0 Å². The summed E-state index contributed by atoms with van der Waals surface area (Å²) in [6.07, 6.45) is -2.66. The molecule has 4 aliphatic heterocycles. The second-order valence-corrected chi connectivity index (χ2v) is 16.5. The van der Waals surface area contributed by atoms with Crippen molar-refractivity contribution in [3.8, 4) is 0 Å². The van der Waals surface area contributed by atoms with E-state index in [0.717, 1.165) is 5.56 Å². The lowest BCUT2D eigenvalue weighted by atomic mass is 9.76. The van der Waals surface area contributed by atoms with Crippen molar-refractivity contribution in [3.63, 3.8) is 0 Å². The highest BCUT2D eigenvalue weighted by atomic mass is 35.5. The SMILES string of the molecule is CC[C@H]1OC(C)(C)O[C@@]1(C)[C@@H]1OC(=O)[C@H](C)C(=O)[C@H](C)[C@@H](O[C@@H]2OC(C)CC(N(C)Cc3ccc(Cl)cc3)C2O)[C@@]2(C)CC(C)C(O2)[C@@H]1C. The van der Waals surface area contributed by atoms with Gasteiger partial charge >= 0.3 is 5.97 Å². The van der Waals surface area contributed by atoms with Gasteiger partial charge in [-0.1, -0.05) is 51.4 Å². The Labute approximate surface area is 297 Å². The van der Waals surface area contributed by atoms with Crippen LogP contribution in [0.2, 0.25) is 5.02 Å². The average molecular weight is 708 g/mol. The van der Waals surface area contributed by atoms with E-state index in [1.165, 1.54) is 0 Å². The Morgan fingerprint density at radius 2 is 1.67 bits per heavy atom. The Morgan fingerprint density at radius 3 is 2.31 bits per heavy atom. The molecule has 5 rings (SSSR count). The molecule has 5 unspecified atom stereocenters. The molecular formula is C38H58ClNO9. The molecule has 10 nitrogen and oxygen atoms in total. The topological polar surface area (TPSA) is 113 Å². The Balaban J connectivity index is 1.45. The van der Waals surface area contributed by atoms with E-state index in [9.17, 15) is 14.7 Å². The molecule has 0 aliphatic carbocycles. The lowest BCUT2D eigenvalue weighted by Crippen LogP contribution is -2.58. The van der Waals surface area contributed by atoms with Crippen molar-refractivity contribution < 1.29 is 43.1 Å². The number of carbonyl (C=O) groups excluding carboxylic acids is 2. The maximum absolute atomic E-state index is 14.2. The summed E-state index contributed by atoms with van der Waals surface area (Å²) in [6, 6.07) is 7.38. The minimum atomic E-state index is -1.07. The second-order valence-electron chi connectivity index (χ2n) is 16.1. The van der Waals surface area contributed by atoms with Crippen LogP contribution in [-0.2, 0) is 44.6 Å². The molecule has 2 bridgehead atoms. The van der Waals surface area contributed by atoms with Crippen LogP contribution in [0, 0.1) is 23.7 Å². The molecule has 0 spiro atoms. The molecule has 1 aromatic carbocycles. The van der Waals surface area contributed by atoms with Crippen LogP contribution in [0.1, 0.15) is 94.1 Å². The summed E-state index contributed by atoms with van der Waals surface area (Å²) in [5, 5.41) is 12.4. The first kappa shape index (κ1) is 38.6. The van der Waals surface area contributed by atoms with E-state index in [0.29, 0.717) is 30.8 Å². The molecule has 4 heterocycles. The average Bonchev–Trinajstić information content (AvgIpc) is 3.48. The van der Waals surface area contributed by atoms with Crippen molar-refractivity contribution in [2.24, 2.45) is 23.7 Å². The number of rotatable bonds is 7. The Hall–Kier alpha value is -1.63. The molecule has 0 amide bonds. The molecule has 276 valence electrons. The third-order valence-corrected chi connectivity index (χ3v) is 11.7. The fourth-order valence-corrected chi connectivity index (χ4v) is 9.29. The van der Waals surface area contributed by atoms with Gasteiger partial charge in [0.25, 0.3) is 0 Å². The van der Waals surface area contributed by atoms with Crippen LogP contribution in [-0.4, -0.2) is 94.8 Å². The molecule has 4 fully saturated rings. The second kappa shape index (κ2) is 14.4. The predicted octanol–water partition coefficient (Wildman–Crippen LogP) is 5.93. The number of benzene rings is 1. The summed E-state index contributed by atoms with van der Waals surface area (Å²) in [4.78, 5) is 30.1. The molecule has 14 atom stereocenters. The third-order valence-electron chi connectivity index (χ3n) is 11.5. The van der Waals surface area contributed by atoms with Gasteiger partial charge in [-0.25, -0.2) is 0 Å². The summed E-state index contributed by atoms with van der Waals surface area (Å²) in [7, 11) is 1.97. The number of hydrogen-bond donors (Lipinski definition) is 1. The smallest absolute Gasteiger partial charge is 0.316 e. The van der Waals surface area contributed by atoms with Gasteiger partial charge < -0.3 is 33.5 Å². The normalized spacial score (nSPS) is 44.5.